The maximum atomic E-state index is 14.5. The van der Waals surface area contributed by atoms with Gasteiger partial charge in [-0.2, -0.15) is 20.2 Å². The second kappa shape index (κ2) is 40.3. The number of anilines is 14. The SMILES string of the molecule is C=C(C#N)C(O)c1cccc(Nc2nc(Nc3ccc(OCCOC)cc3)ncc2F)c1.C=CC(=O)Nc1ccc(Cl)c(Nc2nc(Nc3ccc(OCCOC)cc3)ncc2F)c1.COCCOc1ccc(Nc2ncc(F)c(Nc3cccc(NC(=O)/C=C/CN4CCOCC4)c3)n2)cc1. The van der Waals surface area contributed by atoms with E-state index in [1.807, 2.05) is 24.3 Å². The highest BCUT2D eigenvalue weighted by atomic mass is 35.5. The average Bonchev–Trinajstić information content (AvgIpc) is 0.844. The van der Waals surface area contributed by atoms with Gasteiger partial charge < -0.3 is 80.8 Å². The van der Waals surface area contributed by atoms with E-state index in [0.717, 1.165) is 37.8 Å². The van der Waals surface area contributed by atoms with E-state index < -0.39 is 23.6 Å². The van der Waals surface area contributed by atoms with Crippen LogP contribution in [0.1, 0.15) is 11.7 Å². The number of nitriles is 1. The highest BCUT2D eigenvalue weighted by Gasteiger charge is 2.17. The van der Waals surface area contributed by atoms with Crippen molar-refractivity contribution in [3.05, 3.63) is 223 Å². The Morgan fingerprint density at radius 3 is 1.46 bits per heavy atom. The molecule has 10 rings (SSSR count). The number of benzene rings is 6. The summed E-state index contributed by atoms with van der Waals surface area (Å²) in [5.41, 5.74) is 4.98. The zero-order chi connectivity index (χ0) is 72.4. The van der Waals surface area contributed by atoms with Crippen molar-refractivity contribution in [3.63, 3.8) is 0 Å². The minimum absolute atomic E-state index is 0.00379. The van der Waals surface area contributed by atoms with E-state index in [-0.39, 0.29) is 52.7 Å². The summed E-state index contributed by atoms with van der Waals surface area (Å²) in [6.45, 7) is 13.6. The molecule has 0 radical (unpaired) electrons. The van der Waals surface area contributed by atoms with Crippen molar-refractivity contribution in [2.75, 3.05) is 136 Å². The van der Waals surface area contributed by atoms with Crippen LogP contribution in [-0.4, -0.2) is 146 Å². The molecular weight excluding hydrogens is 1340 g/mol. The largest absolute Gasteiger partial charge is 0.491 e. The summed E-state index contributed by atoms with van der Waals surface area (Å²) in [5.74, 6) is -0.0318. The molecule has 0 spiro atoms. The molecule has 26 nitrogen and oxygen atoms in total. The molecule has 9 aromatic rings. The molecule has 530 valence electrons. The fraction of sp³-hybridized carbons (Fsp3) is 0.208. The fourth-order valence-corrected chi connectivity index (χ4v) is 9.02. The van der Waals surface area contributed by atoms with Gasteiger partial charge in [0.25, 0.3) is 0 Å². The predicted octanol–water partition coefficient (Wildman–Crippen LogP) is 13.1. The van der Waals surface area contributed by atoms with Crippen molar-refractivity contribution in [1.29, 1.82) is 5.26 Å². The maximum Gasteiger partial charge on any atom is 0.248 e. The molecule has 1 aliphatic rings. The predicted molar refractivity (Wildman–Crippen MR) is 385 cm³/mol. The Labute approximate surface area is 591 Å². The second-order valence-corrected chi connectivity index (χ2v) is 21.9. The quantitative estimate of drug-likeness (QED) is 0.0107. The Bertz CT molecular complexity index is 4290. The van der Waals surface area contributed by atoms with Gasteiger partial charge in [0, 0.05) is 86.9 Å². The smallest absolute Gasteiger partial charge is 0.248 e. The number of hydrogen-bond acceptors (Lipinski definition) is 24. The lowest BCUT2D eigenvalue weighted by Crippen LogP contribution is -2.36. The zero-order valence-electron chi connectivity index (χ0n) is 55.7. The number of nitrogens with one attached hydrogen (secondary N) is 8. The lowest BCUT2D eigenvalue weighted by Gasteiger charge is -2.25. The van der Waals surface area contributed by atoms with E-state index >= 15 is 0 Å². The number of amides is 2. The second-order valence-electron chi connectivity index (χ2n) is 21.5. The number of nitrogens with zero attached hydrogens (tertiary/aromatic N) is 8. The monoisotopic (exact) mass is 1410 g/mol. The molecule has 30 heteroatoms. The standard InChI is InChI=1S/C27H31FN6O4.C23H22FN5O3.C22H21ClFN5O3/c1-36-16-17-38-23-9-7-20(8-10-23)32-27-29-19-24(28)26(33-27)31-22-5-2-4-21(18-22)30-25(35)6-3-11-34-12-14-37-15-13-34;1-15(13-25)21(30)16-4-3-5-18(12-16)27-22-20(24)14-26-23(29-22)28-17-6-8-19(9-7-17)32-11-10-31-2;1-3-20(30)26-15-6-9-17(23)19(12-15)28-21-18(24)13-25-22(29-21)27-14-4-7-16(8-5-14)32-11-10-31-2/h2-10,18-19H,11-17H2,1H3,(H,30,35)(H2,29,31,32,33);3-9,12,14,21,30H,1,10-11H2,2H3,(H2,26,27,28,29);3-9,12-13H,1,10-11H2,2H3,(H,26,30)(H2,25,27,28,29)/b6-3+;;. The normalized spacial score (nSPS) is 12.0. The minimum Gasteiger partial charge on any atom is -0.491 e. The van der Waals surface area contributed by atoms with Crippen LogP contribution in [0, 0.1) is 28.8 Å². The number of methoxy groups -OCH3 is 3. The maximum absolute atomic E-state index is 14.5. The first-order valence-corrected chi connectivity index (χ1v) is 31.8. The number of carbonyl (C=O) groups is 2. The zero-order valence-corrected chi connectivity index (χ0v) is 56.5. The minimum atomic E-state index is -1.14. The van der Waals surface area contributed by atoms with Gasteiger partial charge in [-0.1, -0.05) is 49.0 Å². The van der Waals surface area contributed by atoms with Crippen LogP contribution in [0.15, 0.2) is 195 Å². The van der Waals surface area contributed by atoms with E-state index in [4.69, 9.17) is 50.0 Å². The molecule has 0 saturated carbocycles. The van der Waals surface area contributed by atoms with Gasteiger partial charge in [0.1, 0.15) is 43.2 Å². The number of carbonyl (C=O) groups excluding carboxylic acids is 2. The molecule has 1 unspecified atom stereocenters. The summed E-state index contributed by atoms with van der Waals surface area (Å²) in [4.78, 5) is 50.6. The summed E-state index contributed by atoms with van der Waals surface area (Å²) < 4.78 is 79.8. The van der Waals surface area contributed by atoms with Crippen LogP contribution in [0.25, 0.3) is 0 Å². The molecular formula is C72H74ClF3N16O10. The van der Waals surface area contributed by atoms with Gasteiger partial charge in [-0.15, -0.1) is 0 Å². The third kappa shape index (κ3) is 25.2. The first-order chi connectivity index (χ1) is 49.6. The summed E-state index contributed by atoms with van der Waals surface area (Å²) in [6, 6.07) is 41.6. The summed E-state index contributed by atoms with van der Waals surface area (Å²) in [5, 5.41) is 42.5. The number of aliphatic hydroxyl groups excluding tert-OH is 1. The number of morpholine rings is 1. The van der Waals surface area contributed by atoms with Crippen LogP contribution in [-0.2, 0) is 28.5 Å². The van der Waals surface area contributed by atoms with Gasteiger partial charge >= 0.3 is 0 Å². The summed E-state index contributed by atoms with van der Waals surface area (Å²) in [7, 11) is 4.83. The van der Waals surface area contributed by atoms with Crippen LogP contribution in [0.2, 0.25) is 5.02 Å². The molecule has 9 N–H and O–H groups in total. The van der Waals surface area contributed by atoms with Crippen LogP contribution in [0.4, 0.5) is 94.0 Å². The van der Waals surface area contributed by atoms with Crippen LogP contribution in [0.5, 0.6) is 17.2 Å². The fourth-order valence-electron chi connectivity index (χ4n) is 8.86. The Morgan fingerprint density at radius 1 is 0.578 bits per heavy atom. The first kappa shape index (κ1) is 76.0. The molecule has 0 aliphatic carbocycles. The van der Waals surface area contributed by atoms with Crippen LogP contribution >= 0.6 is 11.6 Å². The van der Waals surface area contributed by atoms with Crippen LogP contribution < -0.4 is 56.7 Å². The molecule has 3 aromatic heterocycles. The van der Waals surface area contributed by atoms with Gasteiger partial charge in [0.15, 0.2) is 34.9 Å². The summed E-state index contributed by atoms with van der Waals surface area (Å²) >= 11 is 6.20. The third-order valence-electron chi connectivity index (χ3n) is 14.0. The molecule has 0 bridgehead atoms. The molecule has 6 aromatic carbocycles. The third-order valence-corrected chi connectivity index (χ3v) is 14.3. The lowest BCUT2D eigenvalue weighted by molar-refractivity contribution is -0.112. The Balaban J connectivity index is 0.000000195. The average molecular weight is 1420 g/mol. The number of ether oxygens (including phenoxy) is 7. The van der Waals surface area contributed by atoms with Crippen molar-refractivity contribution in [1.82, 2.24) is 34.8 Å². The van der Waals surface area contributed by atoms with E-state index in [0.29, 0.717) is 133 Å². The number of aromatic nitrogens is 6. The van der Waals surface area contributed by atoms with E-state index in [1.165, 1.54) is 6.08 Å². The number of halogens is 4. The molecule has 2 amide bonds. The molecule has 4 heterocycles. The molecule has 1 fully saturated rings. The van der Waals surface area contributed by atoms with Gasteiger partial charge in [-0.3, -0.25) is 14.5 Å². The number of aliphatic hydroxyl groups is 1. The molecule has 1 aliphatic heterocycles. The van der Waals surface area contributed by atoms with Gasteiger partial charge in [-0.05, 0) is 133 Å². The van der Waals surface area contributed by atoms with E-state index in [9.17, 15) is 27.9 Å². The van der Waals surface area contributed by atoms with Gasteiger partial charge in [0.2, 0.25) is 29.7 Å². The molecule has 1 saturated heterocycles. The van der Waals surface area contributed by atoms with E-state index in [2.05, 4.69) is 90.5 Å². The number of rotatable bonds is 32. The Morgan fingerprint density at radius 2 is 1.00 bits per heavy atom. The number of hydrogen-bond donors (Lipinski definition) is 9. The highest BCUT2D eigenvalue weighted by Crippen LogP contribution is 2.32. The van der Waals surface area contributed by atoms with Crippen LogP contribution in [0.3, 0.4) is 0 Å². The van der Waals surface area contributed by atoms with Gasteiger partial charge in [0.05, 0.1) is 74.0 Å². The van der Waals surface area contributed by atoms with Gasteiger partial charge in [-0.25, -0.2) is 28.1 Å². The molecule has 102 heavy (non-hydrogen) atoms. The van der Waals surface area contributed by atoms with Crippen molar-refractivity contribution in [2.24, 2.45) is 0 Å². The van der Waals surface area contributed by atoms with E-state index in [1.54, 1.807) is 149 Å². The van der Waals surface area contributed by atoms with Crippen molar-refractivity contribution in [2.45, 2.75) is 6.10 Å². The molecule has 1 atom stereocenters. The lowest BCUT2D eigenvalue weighted by atomic mass is 10.0. The van der Waals surface area contributed by atoms with Crippen molar-refractivity contribution < 1.29 is 61.0 Å². The Kier molecular flexibility index (Phi) is 30.1. The Hall–Kier alpha value is -11.8. The topological polar surface area (TPSA) is 320 Å². The van der Waals surface area contributed by atoms with Crippen molar-refractivity contribution >= 4 is 104 Å². The summed E-state index contributed by atoms with van der Waals surface area (Å²) in [6.07, 6.45) is 6.52. The first-order valence-electron chi connectivity index (χ1n) is 31.4. The highest BCUT2D eigenvalue weighted by molar-refractivity contribution is 6.33. The van der Waals surface area contributed by atoms with Crippen molar-refractivity contribution in [3.8, 4) is 23.3 Å².